The van der Waals surface area contributed by atoms with E-state index in [0.717, 1.165) is 37.5 Å². The second kappa shape index (κ2) is 9.35. The van der Waals surface area contributed by atoms with Gasteiger partial charge in [0, 0.05) is 55.1 Å². The molecule has 1 amide bonds. The summed E-state index contributed by atoms with van der Waals surface area (Å²) in [4.78, 5) is 21.9. The Bertz CT molecular complexity index is 1280. The molecule has 1 aliphatic carbocycles. The lowest BCUT2D eigenvalue weighted by atomic mass is 9.85. The first-order valence-corrected chi connectivity index (χ1v) is 13.4. The number of anilines is 1. The zero-order valence-electron chi connectivity index (χ0n) is 19.4. The third-order valence-corrected chi connectivity index (χ3v) is 8.40. The highest BCUT2D eigenvalue weighted by molar-refractivity contribution is 7.93. The summed E-state index contributed by atoms with van der Waals surface area (Å²) in [6.45, 7) is 5.77. The minimum atomic E-state index is -3.83. The lowest BCUT2D eigenvalue weighted by Gasteiger charge is -2.42. The van der Waals surface area contributed by atoms with E-state index in [0.29, 0.717) is 16.8 Å². The summed E-state index contributed by atoms with van der Waals surface area (Å²) in [5.74, 6) is 0.818. The van der Waals surface area contributed by atoms with Gasteiger partial charge in [-0.15, -0.1) is 0 Å². The van der Waals surface area contributed by atoms with Crippen molar-refractivity contribution < 1.29 is 13.2 Å². The second-order valence-corrected chi connectivity index (χ2v) is 11.1. The molecule has 2 fully saturated rings. The van der Waals surface area contributed by atoms with E-state index in [4.69, 9.17) is 0 Å². The minimum absolute atomic E-state index is 0.0107. The third kappa shape index (κ3) is 4.65. The minimum Gasteiger partial charge on any atom is -0.333 e. The zero-order chi connectivity index (χ0) is 23.7. The van der Waals surface area contributed by atoms with Crippen LogP contribution in [-0.4, -0.2) is 61.3 Å². The number of nitrogens with one attached hydrogen (secondary N) is 1. The number of rotatable bonds is 6. The van der Waals surface area contributed by atoms with Gasteiger partial charge in [0.15, 0.2) is 0 Å². The monoisotopic (exact) mass is 478 g/mol. The van der Waals surface area contributed by atoms with E-state index >= 15 is 0 Å². The molecule has 0 bridgehead atoms. The van der Waals surface area contributed by atoms with Crippen LogP contribution in [-0.2, 0) is 10.0 Å². The van der Waals surface area contributed by atoms with Gasteiger partial charge in [0.2, 0.25) is 0 Å². The van der Waals surface area contributed by atoms with Crippen molar-refractivity contribution >= 4 is 32.5 Å². The maximum Gasteiger partial charge on any atom is 0.264 e. The summed E-state index contributed by atoms with van der Waals surface area (Å²) in [6.07, 6.45) is 5.60. The molecule has 2 aliphatic rings. The number of fused-ring (bicyclic) bond motifs is 1. The maximum atomic E-state index is 13.1. The Morgan fingerprint density at radius 3 is 2.53 bits per heavy atom. The smallest absolute Gasteiger partial charge is 0.264 e. The molecule has 1 N–H and O–H groups in total. The van der Waals surface area contributed by atoms with E-state index in [9.17, 15) is 13.2 Å². The molecule has 1 saturated carbocycles. The van der Waals surface area contributed by atoms with Crippen LogP contribution in [0.25, 0.3) is 10.9 Å². The largest absolute Gasteiger partial charge is 0.333 e. The van der Waals surface area contributed by atoms with Crippen molar-refractivity contribution in [3.05, 3.63) is 66.4 Å². The van der Waals surface area contributed by atoms with Gasteiger partial charge in [-0.05, 0) is 62.1 Å². The quantitative estimate of drug-likeness (QED) is 0.579. The molecule has 1 atom stereocenters. The Morgan fingerprint density at radius 1 is 1.06 bits per heavy atom. The number of piperazine rings is 1. The fourth-order valence-electron chi connectivity index (χ4n) is 4.89. The zero-order valence-corrected chi connectivity index (χ0v) is 20.2. The summed E-state index contributed by atoms with van der Waals surface area (Å²) >= 11 is 0. The van der Waals surface area contributed by atoms with Crippen molar-refractivity contribution in [3.8, 4) is 0 Å². The molecular weight excluding hydrogens is 448 g/mol. The van der Waals surface area contributed by atoms with Crippen LogP contribution in [0.15, 0.2) is 65.7 Å². The summed E-state index contributed by atoms with van der Waals surface area (Å²) in [5, 5.41) is 0.758. The van der Waals surface area contributed by atoms with Gasteiger partial charge in [0.05, 0.1) is 5.52 Å². The first-order chi connectivity index (χ1) is 16.4. The molecule has 7 nitrogen and oxygen atoms in total. The van der Waals surface area contributed by atoms with E-state index in [2.05, 4.69) is 21.5 Å². The van der Waals surface area contributed by atoms with Crippen molar-refractivity contribution in [1.82, 2.24) is 14.8 Å². The van der Waals surface area contributed by atoms with Crippen LogP contribution in [0, 0.1) is 5.92 Å². The van der Waals surface area contributed by atoms with Crippen molar-refractivity contribution in [2.45, 2.75) is 37.1 Å². The van der Waals surface area contributed by atoms with Gasteiger partial charge in [-0.3, -0.25) is 19.4 Å². The van der Waals surface area contributed by atoms with Gasteiger partial charge >= 0.3 is 0 Å². The van der Waals surface area contributed by atoms with Gasteiger partial charge in [-0.25, -0.2) is 8.42 Å². The number of para-hydroxylation sites is 1. The molecule has 1 aliphatic heterocycles. The number of aromatic nitrogens is 1. The van der Waals surface area contributed by atoms with E-state index in [1.807, 2.05) is 17.0 Å². The summed E-state index contributed by atoms with van der Waals surface area (Å²) in [5.41, 5.74) is 1.40. The Hall–Kier alpha value is -2.97. The molecule has 1 aromatic heterocycles. The SMILES string of the molecule is CC1CN(CC2CCC2)CCN1C(=O)c1ccc(NS(=O)(=O)c2cccc3cccnc23)cc1. The van der Waals surface area contributed by atoms with E-state index in [1.54, 1.807) is 48.7 Å². The number of hydrogen-bond donors (Lipinski definition) is 1. The van der Waals surface area contributed by atoms with Crippen LogP contribution in [0.1, 0.15) is 36.5 Å². The van der Waals surface area contributed by atoms with Gasteiger partial charge in [0.25, 0.3) is 15.9 Å². The van der Waals surface area contributed by atoms with E-state index in [-0.39, 0.29) is 16.8 Å². The molecule has 34 heavy (non-hydrogen) atoms. The van der Waals surface area contributed by atoms with Crippen LogP contribution in [0.3, 0.4) is 0 Å². The lowest BCUT2D eigenvalue weighted by Crippen LogP contribution is -2.55. The fourth-order valence-corrected chi connectivity index (χ4v) is 6.13. The van der Waals surface area contributed by atoms with Gasteiger partial charge < -0.3 is 4.90 Å². The highest BCUT2D eigenvalue weighted by Gasteiger charge is 2.30. The molecule has 8 heteroatoms. The van der Waals surface area contributed by atoms with Crippen LogP contribution in [0.4, 0.5) is 5.69 Å². The molecule has 2 heterocycles. The average Bonchev–Trinajstić information content (AvgIpc) is 2.81. The number of carbonyl (C=O) groups is 1. The van der Waals surface area contributed by atoms with E-state index in [1.165, 1.54) is 19.3 Å². The normalized spacial score (nSPS) is 19.7. The summed E-state index contributed by atoms with van der Waals surface area (Å²) in [6, 6.07) is 15.5. The predicted octanol–water partition coefficient (Wildman–Crippen LogP) is 3.98. The Morgan fingerprint density at radius 2 is 1.82 bits per heavy atom. The standard InChI is InChI=1S/C26H30N4O3S/c1-19-17-29(18-20-5-2-6-20)15-16-30(19)26(31)22-10-12-23(13-11-22)28-34(32,33)24-9-3-7-21-8-4-14-27-25(21)24/h3-4,7-14,19-20,28H,2,5-6,15-18H2,1H3. The van der Waals surface area contributed by atoms with Crippen molar-refractivity contribution in [2.75, 3.05) is 30.9 Å². The molecule has 5 rings (SSSR count). The number of carbonyl (C=O) groups excluding carboxylic acids is 1. The second-order valence-electron chi connectivity index (χ2n) is 9.42. The summed E-state index contributed by atoms with van der Waals surface area (Å²) in [7, 11) is -3.83. The summed E-state index contributed by atoms with van der Waals surface area (Å²) < 4.78 is 28.7. The Kier molecular flexibility index (Phi) is 6.27. The van der Waals surface area contributed by atoms with Crippen molar-refractivity contribution in [1.29, 1.82) is 0 Å². The first kappa shape index (κ1) is 22.8. The van der Waals surface area contributed by atoms with Gasteiger partial charge in [-0.2, -0.15) is 0 Å². The molecule has 0 radical (unpaired) electrons. The lowest BCUT2D eigenvalue weighted by molar-refractivity contribution is 0.0424. The van der Waals surface area contributed by atoms with Crippen LogP contribution < -0.4 is 4.72 Å². The van der Waals surface area contributed by atoms with Gasteiger partial charge in [-0.1, -0.05) is 24.6 Å². The highest BCUT2D eigenvalue weighted by Crippen LogP contribution is 2.28. The van der Waals surface area contributed by atoms with E-state index < -0.39 is 10.0 Å². The Balaban J connectivity index is 1.26. The average molecular weight is 479 g/mol. The van der Waals surface area contributed by atoms with Crippen molar-refractivity contribution in [3.63, 3.8) is 0 Å². The predicted molar refractivity (Wildman–Crippen MR) is 133 cm³/mol. The van der Waals surface area contributed by atoms with Crippen LogP contribution >= 0.6 is 0 Å². The van der Waals surface area contributed by atoms with Crippen molar-refractivity contribution in [2.24, 2.45) is 5.92 Å². The number of sulfonamides is 1. The number of amides is 1. The molecule has 3 aromatic rings. The third-order valence-electron chi connectivity index (χ3n) is 6.98. The first-order valence-electron chi connectivity index (χ1n) is 11.9. The Labute approximate surface area is 200 Å². The molecule has 1 saturated heterocycles. The number of hydrogen-bond acceptors (Lipinski definition) is 5. The number of nitrogens with zero attached hydrogens (tertiary/aromatic N) is 3. The molecule has 0 spiro atoms. The topological polar surface area (TPSA) is 82.6 Å². The van der Waals surface area contributed by atoms with Gasteiger partial charge in [0.1, 0.15) is 4.90 Å². The maximum absolute atomic E-state index is 13.1. The molecular formula is C26H30N4O3S. The number of benzene rings is 2. The molecule has 178 valence electrons. The fraction of sp³-hybridized carbons (Fsp3) is 0.385. The highest BCUT2D eigenvalue weighted by atomic mass is 32.2. The van der Waals surface area contributed by atoms with Crippen LogP contribution in [0.5, 0.6) is 0 Å². The number of pyridine rings is 1. The molecule has 1 unspecified atom stereocenters. The molecule has 2 aromatic carbocycles. The van der Waals surface area contributed by atoms with Crippen LogP contribution in [0.2, 0.25) is 0 Å².